The van der Waals surface area contributed by atoms with Crippen LogP contribution in [-0.4, -0.2) is 25.0 Å². The number of carbonyl (C=O) groups is 2. The maximum Gasteiger partial charge on any atom is 0.265 e. The van der Waals surface area contributed by atoms with E-state index in [2.05, 4.69) is 11.9 Å². The van der Waals surface area contributed by atoms with E-state index in [-0.39, 0.29) is 18.4 Å². The van der Waals surface area contributed by atoms with E-state index in [1.54, 1.807) is 29.2 Å². The number of nitrogens with one attached hydrogen (secondary N) is 1. The molecule has 2 aromatic rings. The Labute approximate surface area is 146 Å². The average molecular weight is 336 g/mol. The van der Waals surface area contributed by atoms with Gasteiger partial charge in [-0.2, -0.15) is 0 Å². The molecule has 1 heterocycles. The first-order valence-electron chi connectivity index (χ1n) is 8.03. The topological polar surface area (TPSA) is 58.6 Å². The van der Waals surface area contributed by atoms with Gasteiger partial charge in [0.05, 0.1) is 5.69 Å². The van der Waals surface area contributed by atoms with Gasteiger partial charge in [-0.05, 0) is 38.1 Å². The van der Waals surface area contributed by atoms with E-state index < -0.39 is 0 Å². The van der Waals surface area contributed by atoms with Crippen LogP contribution in [0, 0.1) is 6.92 Å². The molecule has 128 valence electrons. The number of carbonyl (C=O) groups excluding carboxylic acids is 2. The van der Waals surface area contributed by atoms with E-state index in [4.69, 9.17) is 4.74 Å². The molecule has 0 aromatic heterocycles. The molecule has 1 aliphatic rings. The van der Waals surface area contributed by atoms with Crippen molar-refractivity contribution in [1.82, 2.24) is 0 Å². The molecule has 2 aromatic carbocycles. The zero-order valence-corrected chi connectivity index (χ0v) is 14.3. The molecule has 0 aliphatic carbocycles. The second-order valence-electron chi connectivity index (χ2n) is 6.23. The lowest BCUT2D eigenvalue weighted by molar-refractivity contribution is -0.121. The van der Waals surface area contributed by atoms with Crippen LogP contribution >= 0.6 is 0 Å². The highest BCUT2D eigenvalue weighted by atomic mass is 16.5. The number of aryl methyl sites for hydroxylation is 1. The minimum absolute atomic E-state index is 0.0183. The molecule has 0 unspecified atom stereocenters. The molecule has 2 amide bonds. The number of fused-ring (bicyclic) bond motifs is 1. The van der Waals surface area contributed by atoms with Crippen molar-refractivity contribution in [2.45, 2.75) is 13.8 Å². The first-order chi connectivity index (χ1) is 11.9. The summed E-state index contributed by atoms with van der Waals surface area (Å²) >= 11 is 0. The Kier molecular flexibility index (Phi) is 4.57. The number of hydrogen-bond acceptors (Lipinski definition) is 3. The summed E-state index contributed by atoms with van der Waals surface area (Å²) in [6, 6.07) is 12.7. The summed E-state index contributed by atoms with van der Waals surface area (Å²) in [5, 5.41) is 2.86. The third-order valence-corrected chi connectivity index (χ3v) is 3.87. The zero-order chi connectivity index (χ0) is 18.0. The summed E-state index contributed by atoms with van der Waals surface area (Å²) < 4.78 is 5.52. The highest BCUT2D eigenvalue weighted by Crippen LogP contribution is 2.35. The van der Waals surface area contributed by atoms with Crippen LogP contribution in [0.1, 0.15) is 22.8 Å². The van der Waals surface area contributed by atoms with Gasteiger partial charge in [-0.15, -0.1) is 0 Å². The van der Waals surface area contributed by atoms with Gasteiger partial charge >= 0.3 is 0 Å². The number of rotatable bonds is 4. The third-order valence-electron chi connectivity index (χ3n) is 3.87. The summed E-state index contributed by atoms with van der Waals surface area (Å²) in [5.41, 5.74) is 3.81. The van der Waals surface area contributed by atoms with Crippen LogP contribution in [0.2, 0.25) is 0 Å². The van der Waals surface area contributed by atoms with Gasteiger partial charge in [-0.3, -0.25) is 9.59 Å². The van der Waals surface area contributed by atoms with Gasteiger partial charge in [-0.25, -0.2) is 0 Å². The predicted molar refractivity (Wildman–Crippen MR) is 98.2 cm³/mol. The van der Waals surface area contributed by atoms with Gasteiger partial charge in [0.1, 0.15) is 5.75 Å². The van der Waals surface area contributed by atoms with Gasteiger partial charge in [0.15, 0.2) is 6.61 Å². The van der Waals surface area contributed by atoms with Crippen LogP contribution in [-0.2, 0) is 4.79 Å². The molecule has 5 heteroatoms. The third kappa shape index (κ3) is 3.71. The molecular weight excluding hydrogens is 316 g/mol. The van der Waals surface area contributed by atoms with Crippen LogP contribution in [0.25, 0.3) is 0 Å². The fourth-order valence-corrected chi connectivity index (χ4v) is 2.72. The SMILES string of the molecule is C=C(C)CN1C(=O)COc2cc(NC(=O)c3cccc(C)c3)ccc21. The van der Waals surface area contributed by atoms with E-state index in [0.29, 0.717) is 29.2 Å². The number of amides is 2. The Morgan fingerprint density at radius 2 is 2.08 bits per heavy atom. The van der Waals surface area contributed by atoms with Gasteiger partial charge in [-0.1, -0.05) is 29.8 Å². The van der Waals surface area contributed by atoms with Crippen LogP contribution in [0.15, 0.2) is 54.6 Å². The second kappa shape index (κ2) is 6.81. The maximum atomic E-state index is 12.4. The van der Waals surface area contributed by atoms with E-state index in [9.17, 15) is 9.59 Å². The molecule has 0 radical (unpaired) electrons. The van der Waals surface area contributed by atoms with Crippen molar-refractivity contribution in [1.29, 1.82) is 0 Å². The first-order valence-corrected chi connectivity index (χ1v) is 8.03. The second-order valence-corrected chi connectivity index (χ2v) is 6.23. The lowest BCUT2D eigenvalue weighted by Crippen LogP contribution is -2.39. The summed E-state index contributed by atoms with van der Waals surface area (Å²) in [4.78, 5) is 26.1. The van der Waals surface area contributed by atoms with Crippen molar-refractivity contribution in [2.75, 3.05) is 23.4 Å². The summed E-state index contributed by atoms with van der Waals surface area (Å²) in [6.07, 6.45) is 0. The van der Waals surface area contributed by atoms with Crippen LogP contribution in [0.3, 0.4) is 0 Å². The maximum absolute atomic E-state index is 12.4. The lowest BCUT2D eigenvalue weighted by Gasteiger charge is -2.29. The Hall–Kier alpha value is -3.08. The summed E-state index contributed by atoms with van der Waals surface area (Å²) in [5.74, 6) is 0.282. The Morgan fingerprint density at radius 3 is 2.80 bits per heavy atom. The van der Waals surface area contributed by atoms with Gasteiger partial charge in [0, 0.05) is 23.9 Å². The highest BCUT2D eigenvalue weighted by molar-refractivity contribution is 6.05. The minimum atomic E-state index is -0.186. The number of hydrogen-bond donors (Lipinski definition) is 1. The Bertz CT molecular complexity index is 858. The van der Waals surface area contributed by atoms with Crippen molar-refractivity contribution in [3.05, 3.63) is 65.7 Å². The van der Waals surface area contributed by atoms with Gasteiger partial charge in [0.25, 0.3) is 11.8 Å². The first kappa shape index (κ1) is 16.8. The quantitative estimate of drug-likeness (QED) is 0.869. The molecule has 0 spiro atoms. The number of benzene rings is 2. The molecule has 5 nitrogen and oxygen atoms in total. The van der Waals surface area contributed by atoms with E-state index in [1.807, 2.05) is 32.0 Å². The van der Waals surface area contributed by atoms with Crippen molar-refractivity contribution in [3.63, 3.8) is 0 Å². The van der Waals surface area contributed by atoms with E-state index >= 15 is 0 Å². The molecule has 0 saturated carbocycles. The highest BCUT2D eigenvalue weighted by Gasteiger charge is 2.25. The van der Waals surface area contributed by atoms with Crippen LogP contribution in [0.4, 0.5) is 11.4 Å². The average Bonchev–Trinajstić information content (AvgIpc) is 2.57. The molecule has 0 atom stereocenters. The largest absolute Gasteiger partial charge is 0.481 e. The van der Waals surface area contributed by atoms with E-state index in [0.717, 1.165) is 11.1 Å². The molecule has 1 N–H and O–H groups in total. The normalized spacial score (nSPS) is 13.0. The monoisotopic (exact) mass is 336 g/mol. The zero-order valence-electron chi connectivity index (χ0n) is 14.3. The Morgan fingerprint density at radius 1 is 1.28 bits per heavy atom. The Balaban J connectivity index is 1.82. The van der Waals surface area contributed by atoms with Gasteiger partial charge < -0.3 is 15.0 Å². The molecule has 25 heavy (non-hydrogen) atoms. The minimum Gasteiger partial charge on any atom is -0.481 e. The van der Waals surface area contributed by atoms with Crippen LogP contribution < -0.4 is 15.0 Å². The van der Waals surface area contributed by atoms with Crippen LogP contribution in [0.5, 0.6) is 5.75 Å². The van der Waals surface area contributed by atoms with Crippen molar-refractivity contribution < 1.29 is 14.3 Å². The molecule has 3 rings (SSSR count). The smallest absolute Gasteiger partial charge is 0.265 e. The molecule has 0 bridgehead atoms. The fourth-order valence-electron chi connectivity index (χ4n) is 2.72. The summed E-state index contributed by atoms with van der Waals surface area (Å²) in [7, 11) is 0. The van der Waals surface area contributed by atoms with E-state index in [1.165, 1.54) is 0 Å². The summed E-state index contributed by atoms with van der Waals surface area (Å²) in [6.45, 7) is 8.11. The molecular formula is C20H20N2O3. The molecule has 0 saturated heterocycles. The predicted octanol–water partition coefficient (Wildman–Crippen LogP) is 3.55. The molecule has 0 fully saturated rings. The number of ether oxygens (including phenoxy) is 1. The van der Waals surface area contributed by atoms with Crippen molar-refractivity contribution in [3.8, 4) is 5.75 Å². The van der Waals surface area contributed by atoms with Crippen molar-refractivity contribution in [2.24, 2.45) is 0 Å². The standard InChI is InChI=1S/C20H20N2O3/c1-13(2)11-22-17-8-7-16(10-18(17)25-12-19(22)23)21-20(24)15-6-4-5-14(3)9-15/h4-10H,1,11-12H2,2-3H3,(H,21,24). The van der Waals surface area contributed by atoms with Gasteiger partial charge in [0.2, 0.25) is 0 Å². The number of nitrogens with zero attached hydrogens (tertiary/aromatic N) is 1. The number of anilines is 2. The fraction of sp³-hybridized carbons (Fsp3) is 0.200. The lowest BCUT2D eigenvalue weighted by atomic mass is 10.1. The molecule has 1 aliphatic heterocycles. The van der Waals surface area contributed by atoms with Crippen molar-refractivity contribution >= 4 is 23.2 Å².